The zero-order valence-corrected chi connectivity index (χ0v) is 7.80. The van der Waals surface area contributed by atoms with E-state index in [4.69, 9.17) is 4.74 Å². The minimum absolute atomic E-state index is 0. The molecule has 1 unspecified atom stereocenters. The highest BCUT2D eigenvalue weighted by atomic mass is 16.5. The van der Waals surface area contributed by atoms with Crippen molar-refractivity contribution >= 4 is 5.91 Å². The number of hydrogen-bond donors (Lipinski definition) is 1. The van der Waals surface area contributed by atoms with Gasteiger partial charge in [0.05, 0.1) is 12.6 Å². The molecule has 1 rings (SSSR count). The Balaban J connectivity index is 0.00000144. The second-order valence-corrected chi connectivity index (χ2v) is 3.73. The highest BCUT2D eigenvalue weighted by Gasteiger charge is 2.17. The molecule has 1 N–H and O–H groups in total. The summed E-state index contributed by atoms with van der Waals surface area (Å²) in [7, 11) is 0. The Morgan fingerprint density at radius 3 is 3.00 bits per heavy atom. The van der Waals surface area contributed by atoms with Crippen molar-refractivity contribution < 1.29 is 11.0 Å². The van der Waals surface area contributed by atoms with Gasteiger partial charge in [0, 0.05) is 14.5 Å². The normalized spacial score (nSPS) is 23.1. The van der Waals surface area contributed by atoms with Crippen molar-refractivity contribution in [3.8, 4) is 0 Å². The third-order valence-electron chi connectivity index (χ3n) is 1.89. The number of rotatable bonds is 3. The van der Waals surface area contributed by atoms with Gasteiger partial charge in [-0.3, -0.25) is 4.79 Å². The molecule has 1 heterocycles. The Hall–Kier alpha value is -0.570. The third-order valence-corrected chi connectivity index (χ3v) is 1.89. The first-order valence-electron chi connectivity index (χ1n) is 4.55. The van der Waals surface area contributed by atoms with E-state index in [1.165, 1.54) is 0 Å². The van der Waals surface area contributed by atoms with Gasteiger partial charge in [-0.1, -0.05) is 13.8 Å². The predicted molar refractivity (Wildman–Crippen MR) is 48.9 cm³/mol. The summed E-state index contributed by atoms with van der Waals surface area (Å²) < 4.78 is 5.15. The standard InChI is InChI=1S/C9H17NO2.H2/c1-7(2)5-9(11)10-8-3-4-12-6-8;/h7-8H,3-6H2,1-2H3,(H,10,11);1H. The van der Waals surface area contributed by atoms with Crippen molar-refractivity contribution in [1.82, 2.24) is 5.32 Å². The number of carbonyl (C=O) groups is 1. The van der Waals surface area contributed by atoms with E-state index in [0.717, 1.165) is 13.0 Å². The molecule has 1 atom stereocenters. The molecule has 0 aromatic rings. The molecule has 3 heteroatoms. The van der Waals surface area contributed by atoms with Crippen molar-refractivity contribution in [3.05, 3.63) is 0 Å². The molecule has 0 aromatic carbocycles. The van der Waals surface area contributed by atoms with Gasteiger partial charge in [0.25, 0.3) is 0 Å². The maximum Gasteiger partial charge on any atom is 0.220 e. The maximum atomic E-state index is 11.2. The molecule has 0 aromatic heterocycles. The lowest BCUT2D eigenvalue weighted by Crippen LogP contribution is -2.35. The molecule has 1 amide bonds. The smallest absolute Gasteiger partial charge is 0.220 e. The fourth-order valence-electron chi connectivity index (χ4n) is 1.31. The van der Waals surface area contributed by atoms with Crippen LogP contribution in [0.4, 0.5) is 0 Å². The Kier molecular flexibility index (Phi) is 3.53. The van der Waals surface area contributed by atoms with Crippen molar-refractivity contribution in [2.24, 2.45) is 5.92 Å². The van der Waals surface area contributed by atoms with Crippen LogP contribution in [0.15, 0.2) is 0 Å². The Morgan fingerprint density at radius 1 is 1.75 bits per heavy atom. The summed E-state index contributed by atoms with van der Waals surface area (Å²) >= 11 is 0. The van der Waals surface area contributed by atoms with E-state index < -0.39 is 0 Å². The van der Waals surface area contributed by atoms with Crippen LogP contribution in [0.25, 0.3) is 0 Å². The molecule has 0 aliphatic carbocycles. The van der Waals surface area contributed by atoms with Crippen LogP contribution in [0.5, 0.6) is 0 Å². The summed E-state index contributed by atoms with van der Waals surface area (Å²) in [5, 5.41) is 2.95. The van der Waals surface area contributed by atoms with Gasteiger partial charge in [-0.15, -0.1) is 0 Å². The number of nitrogens with one attached hydrogen (secondary N) is 1. The summed E-state index contributed by atoms with van der Waals surface area (Å²) in [6.07, 6.45) is 1.58. The molecule has 0 spiro atoms. The van der Waals surface area contributed by atoms with Crippen molar-refractivity contribution in [2.45, 2.75) is 32.7 Å². The molecule has 72 valence electrons. The van der Waals surface area contributed by atoms with E-state index in [0.29, 0.717) is 18.9 Å². The highest BCUT2D eigenvalue weighted by Crippen LogP contribution is 2.05. The van der Waals surface area contributed by atoms with Crippen molar-refractivity contribution in [3.63, 3.8) is 0 Å². The van der Waals surface area contributed by atoms with Crippen LogP contribution in [-0.4, -0.2) is 25.2 Å². The van der Waals surface area contributed by atoms with Gasteiger partial charge in [0.15, 0.2) is 0 Å². The molecule has 1 saturated heterocycles. The van der Waals surface area contributed by atoms with Crippen molar-refractivity contribution in [1.29, 1.82) is 0 Å². The summed E-state index contributed by atoms with van der Waals surface area (Å²) in [5.74, 6) is 0.591. The van der Waals surface area contributed by atoms with Gasteiger partial charge in [0.1, 0.15) is 0 Å². The molecule has 0 bridgehead atoms. The van der Waals surface area contributed by atoms with Crippen LogP contribution in [0.2, 0.25) is 0 Å². The average Bonchev–Trinajstić information content (AvgIpc) is 2.37. The Labute approximate surface area is 75.0 Å². The van der Waals surface area contributed by atoms with E-state index in [9.17, 15) is 4.79 Å². The van der Waals surface area contributed by atoms with Crippen LogP contribution in [0, 0.1) is 5.92 Å². The van der Waals surface area contributed by atoms with Gasteiger partial charge in [-0.25, -0.2) is 0 Å². The number of ether oxygens (including phenoxy) is 1. The molecular weight excluding hydrogens is 154 g/mol. The number of amides is 1. The molecule has 1 aliphatic heterocycles. The van der Waals surface area contributed by atoms with Gasteiger partial charge >= 0.3 is 0 Å². The largest absolute Gasteiger partial charge is 0.379 e. The molecule has 0 radical (unpaired) electrons. The maximum absolute atomic E-state index is 11.2. The van der Waals surface area contributed by atoms with Gasteiger partial charge in [-0.05, 0) is 12.3 Å². The van der Waals surface area contributed by atoms with Crippen LogP contribution in [0.1, 0.15) is 28.1 Å². The molecule has 0 saturated carbocycles. The van der Waals surface area contributed by atoms with Crippen LogP contribution in [-0.2, 0) is 9.53 Å². The second-order valence-electron chi connectivity index (χ2n) is 3.73. The second kappa shape index (κ2) is 4.45. The monoisotopic (exact) mass is 173 g/mol. The number of carbonyl (C=O) groups excluding carboxylic acids is 1. The van der Waals surface area contributed by atoms with Crippen LogP contribution < -0.4 is 5.32 Å². The first-order chi connectivity index (χ1) is 5.68. The van der Waals surface area contributed by atoms with E-state index in [1.54, 1.807) is 0 Å². The molecule has 1 aliphatic rings. The van der Waals surface area contributed by atoms with E-state index >= 15 is 0 Å². The lowest BCUT2D eigenvalue weighted by molar-refractivity contribution is -0.122. The fourth-order valence-corrected chi connectivity index (χ4v) is 1.31. The molecular formula is C9H19NO2. The molecule has 12 heavy (non-hydrogen) atoms. The van der Waals surface area contributed by atoms with Crippen LogP contribution in [0.3, 0.4) is 0 Å². The zero-order chi connectivity index (χ0) is 8.97. The van der Waals surface area contributed by atoms with Gasteiger partial charge < -0.3 is 10.1 Å². The SMILES string of the molecule is CC(C)CC(=O)NC1CCOC1.[HH]. The van der Waals surface area contributed by atoms with E-state index in [2.05, 4.69) is 5.32 Å². The Bertz CT molecular complexity index is 156. The summed E-state index contributed by atoms with van der Waals surface area (Å²) in [4.78, 5) is 11.2. The average molecular weight is 173 g/mol. The highest BCUT2D eigenvalue weighted by molar-refractivity contribution is 5.76. The van der Waals surface area contributed by atoms with Gasteiger partial charge in [0.2, 0.25) is 5.91 Å². The van der Waals surface area contributed by atoms with Crippen molar-refractivity contribution in [2.75, 3.05) is 13.2 Å². The van der Waals surface area contributed by atoms with Crippen LogP contribution >= 0.6 is 0 Å². The summed E-state index contributed by atoms with van der Waals surface area (Å²) in [6.45, 7) is 5.56. The summed E-state index contributed by atoms with van der Waals surface area (Å²) in [5.41, 5.74) is 0. The first kappa shape index (κ1) is 9.52. The minimum atomic E-state index is 0. The first-order valence-corrected chi connectivity index (χ1v) is 4.55. The fraction of sp³-hybridized carbons (Fsp3) is 0.889. The number of hydrogen-bond acceptors (Lipinski definition) is 2. The quantitative estimate of drug-likeness (QED) is 0.696. The van der Waals surface area contributed by atoms with Gasteiger partial charge in [-0.2, -0.15) is 0 Å². The summed E-state index contributed by atoms with van der Waals surface area (Å²) in [6, 6.07) is 0.260. The molecule has 3 nitrogen and oxygen atoms in total. The minimum Gasteiger partial charge on any atom is -0.379 e. The molecule has 1 fully saturated rings. The van der Waals surface area contributed by atoms with E-state index in [-0.39, 0.29) is 13.4 Å². The lowest BCUT2D eigenvalue weighted by atomic mass is 10.1. The third kappa shape index (κ3) is 3.22. The lowest BCUT2D eigenvalue weighted by Gasteiger charge is -2.11. The Morgan fingerprint density at radius 2 is 2.50 bits per heavy atom. The topological polar surface area (TPSA) is 38.3 Å². The van der Waals surface area contributed by atoms with E-state index in [1.807, 2.05) is 13.8 Å². The zero-order valence-electron chi connectivity index (χ0n) is 7.80. The predicted octanol–water partition coefficient (Wildman–Crippen LogP) is 1.18.